The number of ether oxygens (including phenoxy) is 1. The second kappa shape index (κ2) is 14.7. The standard InChI is InChI=1S/C34H47F5N6O3/c1-32(2,3)48-31(47)44-18-16-43(17-19-44)29-13-12-24-25(9-6-10-26(24)42-29)30(46)41-21-27(45-15-7-14-33(35,36)22-45)23-8-4-5-11-28(40-20-23)34(37,38)39/h8,11-13,20,24-27H,4-7,9-10,14-19,21-22H2,1-3H3,(H,41,46). The van der Waals surface area contributed by atoms with E-state index < -0.39 is 36.0 Å². The van der Waals surface area contributed by atoms with Crippen LogP contribution in [0.15, 0.2) is 45.6 Å². The third-order valence-electron chi connectivity index (χ3n) is 9.53. The quantitative estimate of drug-likeness (QED) is 0.374. The van der Waals surface area contributed by atoms with Gasteiger partial charge in [-0.1, -0.05) is 24.6 Å². The van der Waals surface area contributed by atoms with Crippen molar-refractivity contribution in [1.82, 2.24) is 20.0 Å². The van der Waals surface area contributed by atoms with E-state index in [2.05, 4.69) is 15.2 Å². The third kappa shape index (κ3) is 9.23. The van der Waals surface area contributed by atoms with Crippen LogP contribution >= 0.6 is 0 Å². The maximum Gasteiger partial charge on any atom is 0.433 e. The number of dihydropyridines is 1. The van der Waals surface area contributed by atoms with Crippen molar-refractivity contribution in [3.05, 3.63) is 35.6 Å². The summed E-state index contributed by atoms with van der Waals surface area (Å²) in [5, 5.41) is 2.98. The number of piperidine rings is 1. The SMILES string of the molecule is CC(C)(C)OC(=O)N1CCN(C2=NC3CCCC(C(=O)NCC(C4=CCCC=C(C(F)(F)F)N=C4)N4CCCC(F)(F)C4)C3C=C2)CC1. The first-order chi connectivity index (χ1) is 22.6. The number of alkyl halides is 5. The fourth-order valence-electron chi connectivity index (χ4n) is 7.14. The highest BCUT2D eigenvalue weighted by atomic mass is 19.4. The van der Waals surface area contributed by atoms with E-state index in [1.807, 2.05) is 32.9 Å². The van der Waals surface area contributed by atoms with Crippen molar-refractivity contribution in [2.24, 2.45) is 21.8 Å². The van der Waals surface area contributed by atoms with E-state index in [1.165, 1.54) is 0 Å². The number of aliphatic imine (C=N–C) groups is 2. The number of amides is 2. The van der Waals surface area contributed by atoms with Crippen molar-refractivity contribution < 1.29 is 36.3 Å². The van der Waals surface area contributed by atoms with Gasteiger partial charge in [-0.05, 0) is 71.1 Å². The third-order valence-corrected chi connectivity index (χ3v) is 9.53. The number of fused-ring (bicyclic) bond motifs is 1. The molecule has 0 aromatic rings. The minimum Gasteiger partial charge on any atom is -0.444 e. The molecule has 3 fully saturated rings. The van der Waals surface area contributed by atoms with E-state index in [9.17, 15) is 31.5 Å². The summed E-state index contributed by atoms with van der Waals surface area (Å²) in [6.07, 6.45) is 5.57. The predicted octanol–water partition coefficient (Wildman–Crippen LogP) is 5.75. The maximum absolute atomic E-state index is 14.5. The van der Waals surface area contributed by atoms with Crippen molar-refractivity contribution >= 4 is 24.1 Å². The zero-order chi connectivity index (χ0) is 34.7. The van der Waals surface area contributed by atoms with Gasteiger partial charge in [0.05, 0.1) is 18.6 Å². The monoisotopic (exact) mass is 682 g/mol. The van der Waals surface area contributed by atoms with Gasteiger partial charge < -0.3 is 19.9 Å². The van der Waals surface area contributed by atoms with Gasteiger partial charge >= 0.3 is 12.3 Å². The molecule has 0 aromatic carbocycles. The average molecular weight is 683 g/mol. The van der Waals surface area contributed by atoms with Gasteiger partial charge in [0.2, 0.25) is 5.91 Å². The van der Waals surface area contributed by atoms with Crippen molar-refractivity contribution in [1.29, 1.82) is 0 Å². The second-order valence-electron chi connectivity index (χ2n) is 14.3. The summed E-state index contributed by atoms with van der Waals surface area (Å²) < 4.78 is 74.9. The molecule has 2 saturated heterocycles. The molecular formula is C34H47F5N6O3. The van der Waals surface area contributed by atoms with E-state index in [4.69, 9.17) is 9.73 Å². The molecule has 0 bridgehead atoms. The Morgan fingerprint density at radius 1 is 1.04 bits per heavy atom. The first-order valence-corrected chi connectivity index (χ1v) is 17.0. The Labute approximate surface area is 279 Å². The molecule has 48 heavy (non-hydrogen) atoms. The van der Waals surface area contributed by atoms with Gasteiger partial charge in [-0.2, -0.15) is 13.2 Å². The minimum absolute atomic E-state index is 0.0219. The highest BCUT2D eigenvalue weighted by molar-refractivity contribution is 5.94. The van der Waals surface area contributed by atoms with Crippen LogP contribution in [0.4, 0.5) is 26.7 Å². The number of hydrogen-bond acceptors (Lipinski definition) is 7. The lowest BCUT2D eigenvalue weighted by Gasteiger charge is -2.41. The molecule has 14 heteroatoms. The lowest BCUT2D eigenvalue weighted by Crippen LogP contribution is -2.54. The van der Waals surface area contributed by atoms with Crippen molar-refractivity contribution in [2.75, 3.05) is 45.8 Å². The molecule has 0 aromatic heterocycles. The minimum atomic E-state index is -4.62. The number of allylic oxidation sites excluding steroid dienone is 3. The zero-order valence-electron chi connectivity index (χ0n) is 27.9. The van der Waals surface area contributed by atoms with Gasteiger partial charge in [0.15, 0.2) is 0 Å². The van der Waals surface area contributed by atoms with Crippen molar-refractivity contribution in [2.45, 2.75) is 95.5 Å². The molecule has 5 rings (SSSR count). The van der Waals surface area contributed by atoms with Gasteiger partial charge in [-0.25, -0.2) is 13.6 Å². The molecule has 5 aliphatic rings. The number of nitrogens with zero attached hydrogens (tertiary/aromatic N) is 5. The number of hydrogen-bond donors (Lipinski definition) is 1. The van der Waals surface area contributed by atoms with Crippen LogP contribution in [0.25, 0.3) is 0 Å². The largest absolute Gasteiger partial charge is 0.444 e. The van der Waals surface area contributed by atoms with Crippen LogP contribution in [0.3, 0.4) is 0 Å². The molecule has 4 heterocycles. The first-order valence-electron chi connectivity index (χ1n) is 17.0. The average Bonchev–Trinajstić information content (AvgIpc) is 2.99. The summed E-state index contributed by atoms with van der Waals surface area (Å²) in [7, 11) is 0. The zero-order valence-corrected chi connectivity index (χ0v) is 27.9. The summed E-state index contributed by atoms with van der Waals surface area (Å²) in [4.78, 5) is 40.3. The number of carbonyl (C=O) groups excluding carboxylic acids is 2. The Balaban J connectivity index is 1.23. The van der Waals surface area contributed by atoms with E-state index in [1.54, 1.807) is 15.9 Å². The van der Waals surface area contributed by atoms with Gasteiger partial charge in [0.25, 0.3) is 5.92 Å². The van der Waals surface area contributed by atoms with E-state index >= 15 is 0 Å². The van der Waals surface area contributed by atoms with Crippen LogP contribution in [-0.4, -0.2) is 114 Å². The molecule has 2 amide bonds. The summed E-state index contributed by atoms with van der Waals surface area (Å²) in [5.41, 5.74) is -1.19. The first kappa shape index (κ1) is 36.0. The van der Waals surface area contributed by atoms with Crippen LogP contribution in [-0.2, 0) is 9.53 Å². The van der Waals surface area contributed by atoms with Crippen molar-refractivity contribution in [3.8, 4) is 0 Å². The molecule has 1 N–H and O–H groups in total. The molecule has 4 atom stereocenters. The van der Waals surface area contributed by atoms with Crippen molar-refractivity contribution in [3.63, 3.8) is 0 Å². The Morgan fingerprint density at radius 3 is 2.46 bits per heavy atom. The highest BCUT2D eigenvalue weighted by Crippen LogP contribution is 2.36. The highest BCUT2D eigenvalue weighted by Gasteiger charge is 2.41. The maximum atomic E-state index is 14.5. The fraction of sp³-hybridized carbons (Fsp3) is 0.706. The van der Waals surface area contributed by atoms with E-state index in [0.29, 0.717) is 51.1 Å². The Morgan fingerprint density at radius 2 is 1.77 bits per heavy atom. The summed E-state index contributed by atoms with van der Waals surface area (Å²) >= 11 is 0. The normalized spacial score (nSPS) is 27.5. The smallest absolute Gasteiger partial charge is 0.433 e. The van der Waals surface area contributed by atoms with Crippen LogP contribution in [0, 0.1) is 11.8 Å². The van der Waals surface area contributed by atoms with Crippen LogP contribution < -0.4 is 5.32 Å². The fourth-order valence-corrected chi connectivity index (χ4v) is 7.14. The Bertz CT molecular complexity index is 1340. The number of amidine groups is 1. The number of likely N-dealkylation sites (tertiary alicyclic amines) is 1. The summed E-state index contributed by atoms with van der Waals surface area (Å²) in [6, 6.07) is -0.843. The molecule has 1 saturated carbocycles. The summed E-state index contributed by atoms with van der Waals surface area (Å²) in [6.45, 7) is 7.54. The summed E-state index contributed by atoms with van der Waals surface area (Å²) in [5.74, 6) is -2.83. The molecule has 1 aliphatic carbocycles. The number of halogens is 5. The molecule has 0 radical (unpaired) electrons. The number of piperazine rings is 1. The molecule has 4 aliphatic heterocycles. The second-order valence-corrected chi connectivity index (χ2v) is 14.3. The van der Waals surface area contributed by atoms with Gasteiger partial charge in [0, 0.05) is 57.2 Å². The number of nitrogens with one attached hydrogen (secondary N) is 1. The van der Waals surface area contributed by atoms with Gasteiger partial charge in [0.1, 0.15) is 17.1 Å². The van der Waals surface area contributed by atoms with Crippen LogP contribution in [0.1, 0.15) is 65.7 Å². The Kier molecular flexibility index (Phi) is 11.0. The number of carbonyl (C=O) groups is 2. The topological polar surface area (TPSA) is 89.8 Å². The molecule has 266 valence electrons. The van der Waals surface area contributed by atoms with Gasteiger partial charge in [-0.15, -0.1) is 0 Å². The lowest BCUT2D eigenvalue weighted by atomic mass is 9.74. The molecular weight excluding hydrogens is 635 g/mol. The van der Waals surface area contributed by atoms with Crippen LogP contribution in [0.2, 0.25) is 0 Å². The van der Waals surface area contributed by atoms with E-state index in [-0.39, 0.29) is 55.7 Å². The molecule has 4 unspecified atom stereocenters. The van der Waals surface area contributed by atoms with Gasteiger partial charge in [-0.3, -0.25) is 19.7 Å². The van der Waals surface area contributed by atoms with E-state index in [0.717, 1.165) is 31.0 Å². The van der Waals surface area contributed by atoms with Crippen LogP contribution in [0.5, 0.6) is 0 Å². The lowest BCUT2D eigenvalue weighted by molar-refractivity contribution is -0.127. The molecule has 0 spiro atoms. The predicted molar refractivity (Wildman–Crippen MR) is 173 cm³/mol. The number of rotatable bonds is 5. The Hall–Kier alpha value is -3.29. The molecule has 9 nitrogen and oxygen atoms in total.